The van der Waals surface area contributed by atoms with E-state index in [1.807, 2.05) is 13.0 Å². The quantitative estimate of drug-likeness (QED) is 0.704. The highest BCUT2D eigenvalue weighted by Gasteiger charge is 1.99. The third kappa shape index (κ3) is 3.25. The summed E-state index contributed by atoms with van der Waals surface area (Å²) in [7, 11) is 2.55. The Morgan fingerprint density at radius 3 is 2.46 bits per heavy atom. The molecule has 1 rings (SSSR count). The summed E-state index contributed by atoms with van der Waals surface area (Å²) in [5.74, 6) is 0.630. The van der Waals surface area contributed by atoms with E-state index in [1.54, 1.807) is 19.2 Å². The van der Waals surface area contributed by atoms with Crippen LogP contribution in [0.4, 0.5) is 0 Å². The van der Waals surface area contributed by atoms with Gasteiger partial charge in [0.05, 0.1) is 12.7 Å². The summed E-state index contributed by atoms with van der Waals surface area (Å²) in [6.07, 6.45) is 0.797. The number of benzene rings is 1. The molecule has 0 aliphatic rings. The molecule has 0 saturated heterocycles. The normalized spacial score (nSPS) is 8.31. The monoisotopic (exact) mass is 182 g/mol. The second kappa shape index (κ2) is 6.20. The Morgan fingerprint density at radius 2 is 2.00 bits per heavy atom. The number of aryl methyl sites for hydroxylation is 1. The maximum atomic E-state index is 10.5. The number of aldehydes is 1. The van der Waals surface area contributed by atoms with Crippen LogP contribution in [0.2, 0.25) is 0 Å². The number of methoxy groups -OCH3 is 1. The molecule has 0 fully saturated rings. The summed E-state index contributed by atoms with van der Waals surface area (Å²) in [5.41, 5.74) is 1.67. The molecule has 3 nitrogen and oxygen atoms in total. The largest absolute Gasteiger partial charge is 0.496 e. The van der Waals surface area contributed by atoms with Crippen molar-refractivity contribution in [3.05, 3.63) is 29.3 Å². The van der Waals surface area contributed by atoms with Gasteiger partial charge >= 0.3 is 0 Å². The van der Waals surface area contributed by atoms with E-state index >= 15 is 0 Å². The number of carbonyl (C=O) groups excluding carboxylic acids is 1. The van der Waals surface area contributed by atoms with Crippen molar-refractivity contribution in [2.75, 3.05) is 14.2 Å². The zero-order valence-electron chi connectivity index (χ0n) is 8.07. The molecule has 0 aromatic heterocycles. The first-order valence-electron chi connectivity index (χ1n) is 3.82. The maximum absolute atomic E-state index is 10.5. The van der Waals surface area contributed by atoms with Gasteiger partial charge in [0.15, 0.2) is 6.29 Å². The molecule has 0 aliphatic carbocycles. The van der Waals surface area contributed by atoms with Gasteiger partial charge in [0.25, 0.3) is 0 Å². The fourth-order valence-corrected chi connectivity index (χ4v) is 0.946. The lowest BCUT2D eigenvalue weighted by Gasteiger charge is -2.02. The summed E-state index contributed by atoms with van der Waals surface area (Å²) in [5, 5.41) is 7.00. The van der Waals surface area contributed by atoms with Crippen molar-refractivity contribution >= 4 is 6.29 Å². The number of rotatable bonds is 2. The van der Waals surface area contributed by atoms with Crippen LogP contribution < -0.4 is 4.74 Å². The van der Waals surface area contributed by atoms with Gasteiger partial charge in [0.2, 0.25) is 0 Å². The molecule has 0 radical (unpaired) electrons. The lowest BCUT2D eigenvalue weighted by atomic mass is 10.1. The summed E-state index contributed by atoms with van der Waals surface area (Å²) in [6, 6.07) is 5.50. The third-order valence-electron chi connectivity index (χ3n) is 1.51. The Labute approximate surface area is 78.0 Å². The first-order chi connectivity index (χ1) is 6.27. The molecule has 13 heavy (non-hydrogen) atoms. The molecular weight excluding hydrogens is 168 g/mol. The lowest BCUT2D eigenvalue weighted by Crippen LogP contribution is -1.90. The second-order valence-electron chi connectivity index (χ2n) is 2.36. The first kappa shape index (κ1) is 11.6. The zero-order chi connectivity index (χ0) is 10.3. The summed E-state index contributed by atoms with van der Waals surface area (Å²) >= 11 is 0. The lowest BCUT2D eigenvalue weighted by molar-refractivity contribution is 0.112. The molecule has 0 amide bonds. The number of hydrogen-bond acceptors (Lipinski definition) is 3. The van der Waals surface area contributed by atoms with Gasteiger partial charge < -0.3 is 9.84 Å². The standard InChI is InChI=1S/C9H10O2.CH4O/c1-7-3-4-9(11-2)8(5-7)6-10;1-2/h3-6H,1-2H3;2H,1H3. The molecule has 1 aromatic carbocycles. The highest BCUT2D eigenvalue weighted by molar-refractivity contribution is 5.79. The maximum Gasteiger partial charge on any atom is 0.153 e. The molecule has 1 N–H and O–H groups in total. The van der Waals surface area contributed by atoms with E-state index in [4.69, 9.17) is 9.84 Å². The van der Waals surface area contributed by atoms with Crippen LogP contribution in [0.25, 0.3) is 0 Å². The van der Waals surface area contributed by atoms with Crippen LogP contribution >= 0.6 is 0 Å². The third-order valence-corrected chi connectivity index (χ3v) is 1.51. The average molecular weight is 182 g/mol. The van der Waals surface area contributed by atoms with Gasteiger partial charge in [0.1, 0.15) is 5.75 Å². The summed E-state index contributed by atoms with van der Waals surface area (Å²) in [6.45, 7) is 1.94. The molecule has 0 heterocycles. The number of hydrogen-bond donors (Lipinski definition) is 1. The summed E-state index contributed by atoms with van der Waals surface area (Å²) < 4.78 is 4.96. The molecule has 3 heteroatoms. The van der Waals surface area contributed by atoms with Crippen LogP contribution in [0, 0.1) is 6.92 Å². The highest BCUT2D eigenvalue weighted by atomic mass is 16.5. The van der Waals surface area contributed by atoms with Crippen LogP contribution in [0.15, 0.2) is 18.2 Å². The van der Waals surface area contributed by atoms with Crippen LogP contribution in [-0.2, 0) is 0 Å². The Kier molecular flexibility index (Phi) is 5.55. The zero-order valence-corrected chi connectivity index (χ0v) is 8.07. The van der Waals surface area contributed by atoms with E-state index in [9.17, 15) is 4.79 Å². The van der Waals surface area contributed by atoms with Gasteiger partial charge in [-0.1, -0.05) is 11.6 Å². The van der Waals surface area contributed by atoms with Crippen molar-refractivity contribution in [3.8, 4) is 5.75 Å². The van der Waals surface area contributed by atoms with Gasteiger partial charge in [0, 0.05) is 7.11 Å². The van der Waals surface area contributed by atoms with Crippen molar-refractivity contribution < 1.29 is 14.6 Å². The molecule has 72 valence electrons. The topological polar surface area (TPSA) is 46.5 Å². The van der Waals surface area contributed by atoms with E-state index in [-0.39, 0.29) is 0 Å². The fraction of sp³-hybridized carbons (Fsp3) is 0.300. The van der Waals surface area contributed by atoms with E-state index in [0.29, 0.717) is 11.3 Å². The van der Waals surface area contributed by atoms with Crippen molar-refractivity contribution in [3.63, 3.8) is 0 Å². The van der Waals surface area contributed by atoms with E-state index in [0.717, 1.165) is 19.0 Å². The smallest absolute Gasteiger partial charge is 0.153 e. The van der Waals surface area contributed by atoms with Gasteiger partial charge in [-0.15, -0.1) is 0 Å². The van der Waals surface area contributed by atoms with Crippen molar-refractivity contribution in [1.82, 2.24) is 0 Å². The van der Waals surface area contributed by atoms with Crippen molar-refractivity contribution in [2.24, 2.45) is 0 Å². The minimum absolute atomic E-state index is 0.604. The van der Waals surface area contributed by atoms with Gasteiger partial charge in [-0.25, -0.2) is 0 Å². The van der Waals surface area contributed by atoms with E-state index in [1.165, 1.54) is 0 Å². The fourth-order valence-electron chi connectivity index (χ4n) is 0.946. The number of carbonyl (C=O) groups is 1. The predicted octanol–water partition coefficient (Wildman–Crippen LogP) is 1.42. The van der Waals surface area contributed by atoms with Gasteiger partial charge in [-0.3, -0.25) is 4.79 Å². The highest BCUT2D eigenvalue weighted by Crippen LogP contribution is 2.16. The van der Waals surface area contributed by atoms with Crippen molar-refractivity contribution in [2.45, 2.75) is 6.92 Å². The molecule has 1 aromatic rings. The van der Waals surface area contributed by atoms with Crippen LogP contribution in [-0.4, -0.2) is 25.6 Å². The van der Waals surface area contributed by atoms with Gasteiger partial charge in [-0.2, -0.15) is 0 Å². The molecule has 0 spiro atoms. The molecule has 0 bridgehead atoms. The van der Waals surface area contributed by atoms with E-state index < -0.39 is 0 Å². The first-order valence-corrected chi connectivity index (χ1v) is 3.82. The number of ether oxygens (including phenoxy) is 1. The van der Waals surface area contributed by atoms with Crippen LogP contribution in [0.3, 0.4) is 0 Å². The Balaban J connectivity index is 0.000000671. The minimum Gasteiger partial charge on any atom is -0.496 e. The van der Waals surface area contributed by atoms with Crippen molar-refractivity contribution in [1.29, 1.82) is 0 Å². The molecule has 0 atom stereocenters. The van der Waals surface area contributed by atoms with Gasteiger partial charge in [-0.05, 0) is 19.1 Å². The Bertz CT molecular complexity index is 269. The predicted molar refractivity (Wildman–Crippen MR) is 51.3 cm³/mol. The van der Waals surface area contributed by atoms with Crippen LogP contribution in [0.1, 0.15) is 15.9 Å². The Morgan fingerprint density at radius 1 is 1.38 bits per heavy atom. The van der Waals surface area contributed by atoms with Crippen LogP contribution in [0.5, 0.6) is 5.75 Å². The number of aliphatic hydroxyl groups is 1. The molecule has 0 saturated carbocycles. The summed E-state index contributed by atoms with van der Waals surface area (Å²) in [4.78, 5) is 10.5. The SMILES string of the molecule is CO.COc1ccc(C)cc1C=O. The molecular formula is C10H14O3. The van der Waals surface area contributed by atoms with E-state index in [2.05, 4.69) is 0 Å². The molecule has 0 aliphatic heterocycles. The average Bonchev–Trinajstić information content (AvgIpc) is 2.20. The molecule has 0 unspecified atom stereocenters. The minimum atomic E-state index is 0.604. The number of aliphatic hydroxyl groups excluding tert-OH is 1. The Hall–Kier alpha value is -1.35. The second-order valence-corrected chi connectivity index (χ2v) is 2.36.